The van der Waals surface area contributed by atoms with Crippen molar-refractivity contribution in [2.75, 3.05) is 4.72 Å². The summed E-state index contributed by atoms with van der Waals surface area (Å²) < 4.78 is 30.1. The van der Waals surface area contributed by atoms with Gasteiger partial charge in [-0.2, -0.15) is 18.0 Å². The van der Waals surface area contributed by atoms with Crippen molar-refractivity contribution in [2.45, 2.75) is 25.8 Å². The van der Waals surface area contributed by atoms with E-state index >= 15 is 0 Å². The Morgan fingerprint density at radius 1 is 1.27 bits per heavy atom. The maximum absolute atomic E-state index is 12.7. The molecule has 1 N–H and O–H groups in total. The van der Waals surface area contributed by atoms with E-state index in [1.165, 1.54) is 15.9 Å². The van der Waals surface area contributed by atoms with Gasteiger partial charge in [-0.25, -0.2) is 4.98 Å². The number of aromatic nitrogens is 3. The first-order valence-electron chi connectivity index (χ1n) is 6.39. The number of nitrogens with zero attached hydrogens (tertiary/aromatic N) is 3. The molecule has 0 fully saturated rings. The van der Waals surface area contributed by atoms with E-state index in [4.69, 9.17) is 0 Å². The lowest BCUT2D eigenvalue weighted by molar-refractivity contribution is 0.592. The summed E-state index contributed by atoms with van der Waals surface area (Å²) in [7, 11) is -3.78. The van der Waals surface area contributed by atoms with Crippen LogP contribution in [0.15, 0.2) is 27.7 Å². The number of aryl methyl sites for hydroxylation is 3. The van der Waals surface area contributed by atoms with Gasteiger partial charge in [0.25, 0.3) is 10.0 Å². The van der Waals surface area contributed by atoms with Gasteiger partial charge in [0.2, 0.25) is 9.99 Å². The first-order valence-corrected chi connectivity index (χ1v) is 9.49. The molecule has 3 aromatic rings. The van der Waals surface area contributed by atoms with Crippen LogP contribution in [0.25, 0.3) is 4.96 Å². The van der Waals surface area contributed by atoms with E-state index in [2.05, 4.69) is 30.7 Å². The van der Waals surface area contributed by atoms with Gasteiger partial charge in [0.15, 0.2) is 0 Å². The first-order chi connectivity index (χ1) is 10.3. The van der Waals surface area contributed by atoms with Gasteiger partial charge in [-0.05, 0) is 54.4 Å². The zero-order valence-corrected chi connectivity index (χ0v) is 15.3. The van der Waals surface area contributed by atoms with Gasteiger partial charge in [0, 0.05) is 4.47 Å². The number of anilines is 1. The average Bonchev–Trinajstić information content (AvgIpc) is 2.86. The summed E-state index contributed by atoms with van der Waals surface area (Å²) in [5.41, 5.74) is 1.94. The number of halogens is 1. The normalized spacial score (nSPS) is 12.0. The second-order valence-electron chi connectivity index (χ2n) is 4.91. The van der Waals surface area contributed by atoms with Gasteiger partial charge in [0.1, 0.15) is 5.01 Å². The number of nitrogens with one attached hydrogen (secondary N) is 1. The van der Waals surface area contributed by atoms with Crippen molar-refractivity contribution in [1.82, 2.24) is 14.6 Å². The first kappa shape index (κ1) is 15.4. The molecule has 0 saturated heterocycles. The Morgan fingerprint density at radius 2 is 2.00 bits per heavy atom. The Bertz CT molecular complexity index is 976. The fourth-order valence-corrected chi connectivity index (χ4v) is 5.05. The minimum atomic E-state index is -3.78. The highest BCUT2D eigenvalue weighted by Crippen LogP contribution is 2.28. The molecule has 116 valence electrons. The Hall–Kier alpha value is -1.45. The number of hydrogen-bond donors (Lipinski definition) is 1. The molecule has 6 nitrogen and oxygen atoms in total. The van der Waals surface area contributed by atoms with E-state index in [1.807, 2.05) is 26.0 Å². The number of benzene rings is 1. The summed E-state index contributed by atoms with van der Waals surface area (Å²) in [5.74, 6) is 0. The third kappa shape index (κ3) is 2.64. The highest BCUT2D eigenvalue weighted by atomic mass is 79.9. The summed E-state index contributed by atoms with van der Waals surface area (Å²) in [6.45, 7) is 5.41. The van der Waals surface area contributed by atoms with Gasteiger partial charge >= 0.3 is 0 Å². The third-order valence-corrected chi connectivity index (χ3v) is 6.00. The number of imidazole rings is 1. The van der Waals surface area contributed by atoms with E-state index in [9.17, 15) is 8.42 Å². The average molecular weight is 401 g/mol. The summed E-state index contributed by atoms with van der Waals surface area (Å²) in [5, 5.41) is 5.05. The molecule has 0 unspecified atom stereocenters. The molecule has 1 aromatic carbocycles. The molecule has 0 spiro atoms. The van der Waals surface area contributed by atoms with Gasteiger partial charge in [0.05, 0.1) is 11.4 Å². The Kier molecular flexibility index (Phi) is 3.74. The predicted molar refractivity (Wildman–Crippen MR) is 90.0 cm³/mol. The third-order valence-electron chi connectivity index (χ3n) is 3.05. The van der Waals surface area contributed by atoms with Crippen LogP contribution in [0.2, 0.25) is 0 Å². The maximum atomic E-state index is 12.7. The summed E-state index contributed by atoms with van der Waals surface area (Å²) in [6, 6.07) is 5.41. The number of hydrogen-bond acceptors (Lipinski definition) is 5. The molecule has 0 aliphatic rings. The molecule has 0 saturated carbocycles. The van der Waals surface area contributed by atoms with Crippen molar-refractivity contribution in [1.29, 1.82) is 0 Å². The SMILES string of the molecule is Cc1ccc(NS(=O)(=O)c2c(C)nc3sc(C)nn23)c(Br)c1. The van der Waals surface area contributed by atoms with E-state index in [0.717, 1.165) is 10.6 Å². The molecule has 9 heteroatoms. The number of fused-ring (bicyclic) bond motifs is 1. The van der Waals surface area contributed by atoms with Gasteiger partial charge in [-0.3, -0.25) is 4.72 Å². The van der Waals surface area contributed by atoms with Crippen molar-refractivity contribution in [3.8, 4) is 0 Å². The van der Waals surface area contributed by atoms with Crippen LogP contribution in [-0.4, -0.2) is 23.0 Å². The molecule has 0 bridgehead atoms. The second-order valence-corrected chi connectivity index (χ2v) is 8.52. The van der Waals surface area contributed by atoms with Gasteiger partial charge in [-0.1, -0.05) is 17.4 Å². The van der Waals surface area contributed by atoms with Gasteiger partial charge in [-0.15, -0.1) is 0 Å². The zero-order chi connectivity index (χ0) is 16.1. The summed E-state index contributed by atoms with van der Waals surface area (Å²) >= 11 is 4.73. The number of rotatable bonds is 3. The highest BCUT2D eigenvalue weighted by molar-refractivity contribution is 9.10. The Labute approximate surface area is 140 Å². The van der Waals surface area contributed by atoms with Crippen LogP contribution in [0, 0.1) is 20.8 Å². The second kappa shape index (κ2) is 5.32. The molecule has 22 heavy (non-hydrogen) atoms. The van der Waals surface area contributed by atoms with Crippen molar-refractivity contribution >= 4 is 47.9 Å². The van der Waals surface area contributed by atoms with E-state index in [0.29, 0.717) is 20.8 Å². The lowest BCUT2D eigenvalue weighted by Gasteiger charge is -2.10. The smallest absolute Gasteiger partial charge is 0.277 e. The molecule has 0 amide bonds. The quantitative estimate of drug-likeness (QED) is 0.731. The van der Waals surface area contributed by atoms with E-state index in [1.54, 1.807) is 13.0 Å². The van der Waals surface area contributed by atoms with Crippen LogP contribution in [0.1, 0.15) is 16.3 Å². The van der Waals surface area contributed by atoms with Crippen molar-refractivity contribution in [2.24, 2.45) is 0 Å². The molecule has 0 atom stereocenters. The van der Waals surface area contributed by atoms with Crippen molar-refractivity contribution < 1.29 is 8.42 Å². The van der Waals surface area contributed by atoms with Crippen LogP contribution < -0.4 is 4.72 Å². The Morgan fingerprint density at radius 3 is 2.68 bits per heavy atom. The molecule has 0 radical (unpaired) electrons. The summed E-state index contributed by atoms with van der Waals surface area (Å²) in [4.78, 5) is 4.83. The molecule has 3 rings (SSSR count). The molecule has 0 aliphatic heterocycles. The highest BCUT2D eigenvalue weighted by Gasteiger charge is 2.26. The molecular formula is C13H13BrN4O2S2. The predicted octanol–water partition coefficient (Wildman–Crippen LogP) is 3.28. The fourth-order valence-electron chi connectivity index (χ4n) is 2.13. The zero-order valence-electron chi connectivity index (χ0n) is 12.1. The molecule has 2 heterocycles. The molecule has 2 aromatic heterocycles. The van der Waals surface area contributed by atoms with Crippen molar-refractivity contribution in [3.05, 3.63) is 38.9 Å². The standard InChI is InChI=1S/C13H13BrN4O2S2/c1-7-4-5-11(10(14)6-7)17-22(19,20)12-8(2)15-13-18(12)16-9(3)21-13/h4-6,17H,1-3H3. The maximum Gasteiger partial charge on any atom is 0.281 e. The van der Waals surface area contributed by atoms with Crippen LogP contribution in [0.5, 0.6) is 0 Å². The van der Waals surface area contributed by atoms with E-state index < -0.39 is 10.0 Å². The largest absolute Gasteiger partial charge is 0.281 e. The topological polar surface area (TPSA) is 76.4 Å². The minimum Gasteiger partial charge on any atom is -0.277 e. The Balaban J connectivity index is 2.10. The molecular weight excluding hydrogens is 388 g/mol. The summed E-state index contributed by atoms with van der Waals surface area (Å²) in [6.07, 6.45) is 0. The fraction of sp³-hybridized carbons (Fsp3) is 0.231. The van der Waals surface area contributed by atoms with E-state index in [-0.39, 0.29) is 5.03 Å². The number of sulfonamides is 1. The van der Waals surface area contributed by atoms with Gasteiger partial charge < -0.3 is 0 Å². The van der Waals surface area contributed by atoms with Crippen LogP contribution in [0.3, 0.4) is 0 Å². The van der Waals surface area contributed by atoms with Crippen molar-refractivity contribution in [3.63, 3.8) is 0 Å². The van der Waals surface area contributed by atoms with Crippen LogP contribution in [0.4, 0.5) is 5.69 Å². The van der Waals surface area contributed by atoms with Crippen LogP contribution in [-0.2, 0) is 10.0 Å². The monoisotopic (exact) mass is 400 g/mol. The minimum absolute atomic E-state index is 0.0688. The molecule has 0 aliphatic carbocycles. The lowest BCUT2D eigenvalue weighted by Crippen LogP contribution is -2.17. The van der Waals surface area contributed by atoms with Crippen LogP contribution >= 0.6 is 27.3 Å². The lowest BCUT2D eigenvalue weighted by atomic mass is 10.2.